The number of hydrogen-bond acceptors (Lipinski definition) is 3. The molecule has 0 saturated heterocycles. The van der Waals surface area contributed by atoms with E-state index in [-0.39, 0.29) is 30.0 Å². The van der Waals surface area contributed by atoms with Crippen molar-refractivity contribution in [1.29, 1.82) is 0 Å². The molecule has 0 fully saturated rings. The Hall–Kier alpha value is -2.18. The van der Waals surface area contributed by atoms with E-state index in [0.717, 1.165) is 16.0 Å². The molecule has 0 unspecified atom stereocenters. The van der Waals surface area contributed by atoms with Crippen LogP contribution in [0.2, 0.25) is 15.1 Å². The molecule has 0 saturated carbocycles. The van der Waals surface area contributed by atoms with Gasteiger partial charge in [-0.3, -0.25) is 9.59 Å². The number of thioether (sulfide) groups is 1. The first-order valence-electron chi connectivity index (χ1n) is 11.7. The lowest BCUT2D eigenvalue weighted by Gasteiger charge is -2.32. The lowest BCUT2D eigenvalue weighted by Crippen LogP contribution is -2.51. The molecule has 0 aliphatic rings. The van der Waals surface area contributed by atoms with Crippen LogP contribution >= 0.6 is 46.6 Å². The summed E-state index contributed by atoms with van der Waals surface area (Å²) in [5.41, 5.74) is 1.77. The fourth-order valence-corrected chi connectivity index (χ4v) is 4.80. The predicted molar refractivity (Wildman–Crippen MR) is 151 cm³/mol. The zero-order valence-electron chi connectivity index (χ0n) is 20.2. The highest BCUT2D eigenvalue weighted by Gasteiger charge is 2.30. The number of rotatable bonds is 11. The fraction of sp³-hybridized carbons (Fsp3) is 0.286. The van der Waals surface area contributed by atoms with Gasteiger partial charge < -0.3 is 10.2 Å². The molecule has 0 aromatic heterocycles. The summed E-state index contributed by atoms with van der Waals surface area (Å²) in [4.78, 5) is 29.7. The molecule has 2 amide bonds. The summed E-state index contributed by atoms with van der Waals surface area (Å²) in [6.07, 6.45) is 0.392. The molecular formula is C28H29Cl3N2O2S. The molecule has 3 rings (SSSR count). The van der Waals surface area contributed by atoms with Crippen LogP contribution in [0.3, 0.4) is 0 Å². The molecule has 8 heteroatoms. The minimum absolute atomic E-state index is 0.151. The van der Waals surface area contributed by atoms with Gasteiger partial charge in [0.2, 0.25) is 11.8 Å². The summed E-state index contributed by atoms with van der Waals surface area (Å²) >= 11 is 19.8. The van der Waals surface area contributed by atoms with E-state index in [2.05, 4.69) is 5.32 Å². The third kappa shape index (κ3) is 8.74. The van der Waals surface area contributed by atoms with Crippen LogP contribution in [0.25, 0.3) is 0 Å². The third-order valence-electron chi connectivity index (χ3n) is 5.47. The molecule has 0 spiro atoms. The van der Waals surface area contributed by atoms with Crippen LogP contribution in [0.4, 0.5) is 0 Å². The molecule has 0 aliphatic heterocycles. The van der Waals surface area contributed by atoms with Gasteiger partial charge in [-0.05, 0) is 53.4 Å². The molecule has 3 aromatic carbocycles. The number of hydrogen-bond donors (Lipinski definition) is 1. The lowest BCUT2D eigenvalue weighted by molar-refractivity contribution is -0.139. The van der Waals surface area contributed by atoms with Crippen molar-refractivity contribution >= 4 is 58.4 Å². The summed E-state index contributed by atoms with van der Waals surface area (Å²) < 4.78 is 0. The minimum Gasteiger partial charge on any atom is -0.354 e. The number of nitrogens with zero attached hydrogens (tertiary/aromatic N) is 1. The maximum absolute atomic E-state index is 13.7. The number of benzene rings is 3. The monoisotopic (exact) mass is 562 g/mol. The Bertz CT molecular complexity index is 1160. The van der Waals surface area contributed by atoms with Gasteiger partial charge in [-0.15, -0.1) is 11.8 Å². The number of amides is 2. The van der Waals surface area contributed by atoms with Crippen LogP contribution in [0.5, 0.6) is 0 Å². The molecule has 1 atom stereocenters. The largest absolute Gasteiger partial charge is 0.354 e. The Labute approximate surface area is 232 Å². The van der Waals surface area contributed by atoms with Crippen molar-refractivity contribution in [3.8, 4) is 0 Å². The molecule has 3 aromatic rings. The van der Waals surface area contributed by atoms with Gasteiger partial charge in [-0.2, -0.15) is 0 Å². The summed E-state index contributed by atoms with van der Waals surface area (Å²) in [6.45, 7) is 4.82. The van der Waals surface area contributed by atoms with E-state index in [0.29, 0.717) is 28.0 Å². The first kappa shape index (κ1) is 28.4. The normalized spacial score (nSPS) is 11.8. The maximum atomic E-state index is 13.7. The van der Waals surface area contributed by atoms with Crippen molar-refractivity contribution < 1.29 is 9.59 Å². The lowest BCUT2D eigenvalue weighted by atomic mass is 10.0. The van der Waals surface area contributed by atoms with Gasteiger partial charge >= 0.3 is 0 Å². The molecule has 0 aliphatic carbocycles. The molecule has 0 radical (unpaired) electrons. The van der Waals surface area contributed by atoms with Crippen LogP contribution in [-0.2, 0) is 22.6 Å². The quantitative estimate of drug-likeness (QED) is 0.252. The van der Waals surface area contributed by atoms with Crippen molar-refractivity contribution in [2.75, 3.05) is 12.3 Å². The highest BCUT2D eigenvalue weighted by atomic mass is 35.5. The Morgan fingerprint density at radius 1 is 0.889 bits per heavy atom. The second-order valence-corrected chi connectivity index (χ2v) is 11.2. The topological polar surface area (TPSA) is 49.4 Å². The second-order valence-electron chi connectivity index (χ2n) is 8.86. The average Bonchev–Trinajstić information content (AvgIpc) is 2.86. The van der Waals surface area contributed by atoms with Crippen molar-refractivity contribution in [3.63, 3.8) is 0 Å². The molecule has 0 bridgehead atoms. The van der Waals surface area contributed by atoms with E-state index in [1.807, 2.05) is 62.4 Å². The maximum Gasteiger partial charge on any atom is 0.243 e. The predicted octanol–water partition coefficient (Wildman–Crippen LogP) is 7.15. The van der Waals surface area contributed by atoms with Crippen LogP contribution < -0.4 is 5.32 Å². The van der Waals surface area contributed by atoms with E-state index < -0.39 is 6.04 Å². The van der Waals surface area contributed by atoms with Crippen LogP contribution in [0.15, 0.2) is 77.7 Å². The zero-order chi connectivity index (χ0) is 26.1. The van der Waals surface area contributed by atoms with Gasteiger partial charge in [-0.1, -0.05) is 85.0 Å². The fourth-order valence-electron chi connectivity index (χ4n) is 3.57. The third-order valence-corrected chi connectivity index (χ3v) is 7.46. The van der Waals surface area contributed by atoms with Crippen LogP contribution in [0, 0.1) is 5.92 Å². The van der Waals surface area contributed by atoms with Gasteiger partial charge in [0, 0.05) is 29.4 Å². The summed E-state index contributed by atoms with van der Waals surface area (Å²) in [5.74, 6) is 0.122. The Balaban J connectivity index is 1.91. The van der Waals surface area contributed by atoms with Gasteiger partial charge in [-0.25, -0.2) is 0 Å². The van der Waals surface area contributed by atoms with Gasteiger partial charge in [0.25, 0.3) is 0 Å². The Morgan fingerprint density at radius 3 is 2.22 bits per heavy atom. The first-order chi connectivity index (χ1) is 17.2. The highest BCUT2D eigenvalue weighted by Crippen LogP contribution is 2.26. The van der Waals surface area contributed by atoms with Gasteiger partial charge in [0.1, 0.15) is 6.04 Å². The average molecular weight is 564 g/mol. The molecule has 0 heterocycles. The zero-order valence-corrected chi connectivity index (χ0v) is 23.3. The molecule has 36 heavy (non-hydrogen) atoms. The number of halogens is 3. The molecule has 190 valence electrons. The van der Waals surface area contributed by atoms with Crippen molar-refractivity contribution in [3.05, 3.63) is 99.0 Å². The van der Waals surface area contributed by atoms with E-state index >= 15 is 0 Å². The van der Waals surface area contributed by atoms with Gasteiger partial charge in [0.15, 0.2) is 0 Å². The van der Waals surface area contributed by atoms with Crippen molar-refractivity contribution in [1.82, 2.24) is 10.2 Å². The van der Waals surface area contributed by atoms with E-state index in [1.165, 1.54) is 11.8 Å². The van der Waals surface area contributed by atoms with Crippen molar-refractivity contribution in [2.45, 2.75) is 37.8 Å². The second kappa shape index (κ2) is 13.9. The molecular weight excluding hydrogens is 535 g/mol. The summed E-state index contributed by atoms with van der Waals surface area (Å²) in [6, 6.07) is 21.6. The first-order valence-corrected chi connectivity index (χ1v) is 13.8. The number of carbonyl (C=O) groups excluding carboxylic acids is 2. The van der Waals surface area contributed by atoms with Crippen LogP contribution in [0.1, 0.15) is 25.0 Å². The highest BCUT2D eigenvalue weighted by molar-refractivity contribution is 8.00. The SMILES string of the molecule is CC(C)CNC(=O)[C@H](Cc1ccccc1)N(Cc1ccc(Cl)c(Cl)c1)C(=O)CSc1ccc(Cl)cc1. The standard InChI is InChI=1S/C28H29Cl3N2O2S/c1-19(2)16-32-28(35)26(15-20-6-4-3-5-7-20)33(17-21-8-13-24(30)25(31)14-21)27(34)18-36-23-11-9-22(29)10-12-23/h3-14,19,26H,15-18H2,1-2H3,(H,32,35)/t26-/m0/s1. The number of carbonyl (C=O) groups is 2. The minimum atomic E-state index is -0.695. The van der Waals surface area contributed by atoms with E-state index in [1.54, 1.807) is 29.2 Å². The molecule has 4 nitrogen and oxygen atoms in total. The summed E-state index contributed by atoms with van der Waals surface area (Å²) in [7, 11) is 0. The smallest absolute Gasteiger partial charge is 0.243 e. The van der Waals surface area contributed by atoms with Gasteiger partial charge in [0.05, 0.1) is 15.8 Å². The van der Waals surface area contributed by atoms with E-state index in [4.69, 9.17) is 34.8 Å². The summed E-state index contributed by atoms with van der Waals surface area (Å²) in [5, 5.41) is 4.50. The van der Waals surface area contributed by atoms with Crippen molar-refractivity contribution in [2.24, 2.45) is 5.92 Å². The van der Waals surface area contributed by atoms with E-state index in [9.17, 15) is 9.59 Å². The Kier molecular flexibility index (Phi) is 11.0. The number of nitrogens with one attached hydrogen (secondary N) is 1. The van der Waals surface area contributed by atoms with Crippen LogP contribution in [-0.4, -0.2) is 35.1 Å². The Morgan fingerprint density at radius 2 is 1.58 bits per heavy atom. The molecule has 1 N–H and O–H groups in total.